The highest BCUT2D eigenvalue weighted by atomic mass is 16.5. The van der Waals surface area contributed by atoms with Crippen molar-refractivity contribution >= 4 is 17.5 Å². The van der Waals surface area contributed by atoms with Crippen LogP contribution in [0.25, 0.3) is 0 Å². The fraction of sp³-hybridized carbons (Fsp3) is 0.300. The number of hydrogen-bond donors (Lipinski definition) is 3. The molecule has 0 aliphatic heterocycles. The van der Waals surface area contributed by atoms with Crippen LogP contribution in [0.3, 0.4) is 0 Å². The molecule has 2 aromatic carbocycles. The van der Waals surface area contributed by atoms with Gasteiger partial charge in [0, 0.05) is 22.9 Å². The van der Waals surface area contributed by atoms with Gasteiger partial charge in [-0.25, -0.2) is 0 Å². The number of hydrogen-bond acceptors (Lipinski definition) is 4. The smallest absolute Gasteiger partial charge is 0.282 e. The van der Waals surface area contributed by atoms with Gasteiger partial charge in [0.15, 0.2) is 6.04 Å². The van der Waals surface area contributed by atoms with E-state index in [1.165, 1.54) is 0 Å². The number of carbonyl (C=O) groups excluding carboxylic acids is 2. The molecule has 0 aliphatic carbocycles. The largest absolute Gasteiger partial charge is 0.497 e. The van der Waals surface area contributed by atoms with Crippen LogP contribution in [0.4, 0.5) is 5.69 Å². The summed E-state index contributed by atoms with van der Waals surface area (Å²) in [7, 11) is 5.16. The van der Waals surface area contributed by atoms with Crippen molar-refractivity contribution < 1.29 is 24.0 Å². The van der Waals surface area contributed by atoms with E-state index in [-0.39, 0.29) is 11.9 Å². The Hall–Kier alpha value is -3.06. The van der Waals surface area contributed by atoms with E-state index in [1.54, 1.807) is 38.5 Å². The summed E-state index contributed by atoms with van der Waals surface area (Å²) in [6.45, 7) is 2.47. The van der Waals surface area contributed by atoms with Gasteiger partial charge in [-0.05, 0) is 43.3 Å². The van der Waals surface area contributed by atoms with Gasteiger partial charge in [0.2, 0.25) is 5.91 Å². The summed E-state index contributed by atoms with van der Waals surface area (Å²) < 4.78 is 10.6. The summed E-state index contributed by atoms with van der Waals surface area (Å²) in [5, 5.41) is 2.86. The van der Waals surface area contributed by atoms with Gasteiger partial charge >= 0.3 is 0 Å². The zero-order valence-electron chi connectivity index (χ0n) is 16.0. The first-order valence-electron chi connectivity index (χ1n) is 8.59. The van der Waals surface area contributed by atoms with Gasteiger partial charge in [0.25, 0.3) is 5.91 Å². The number of amides is 2. The number of likely N-dealkylation sites (N-methyl/N-ethyl adjacent to an activating group) is 1. The summed E-state index contributed by atoms with van der Waals surface area (Å²) in [4.78, 5) is 24.7. The van der Waals surface area contributed by atoms with Crippen LogP contribution in [-0.4, -0.2) is 39.1 Å². The van der Waals surface area contributed by atoms with E-state index in [2.05, 4.69) is 5.32 Å². The molecule has 4 N–H and O–H groups in total. The molecule has 0 saturated carbocycles. The number of rotatable bonds is 8. The molecule has 7 heteroatoms. The predicted octanol–water partition coefficient (Wildman–Crippen LogP) is 0.845. The lowest BCUT2D eigenvalue weighted by Crippen LogP contribution is -3.12. The van der Waals surface area contributed by atoms with Gasteiger partial charge < -0.3 is 25.4 Å². The summed E-state index contributed by atoms with van der Waals surface area (Å²) in [6.07, 6.45) is 0. The van der Waals surface area contributed by atoms with Crippen molar-refractivity contribution in [2.75, 3.05) is 26.6 Å². The van der Waals surface area contributed by atoms with Crippen molar-refractivity contribution in [2.24, 2.45) is 5.73 Å². The second-order valence-corrected chi connectivity index (χ2v) is 6.35. The maximum Gasteiger partial charge on any atom is 0.282 e. The topological polar surface area (TPSA) is 95.1 Å². The Balaban J connectivity index is 2.02. The van der Waals surface area contributed by atoms with Gasteiger partial charge in [-0.2, -0.15) is 0 Å². The third kappa shape index (κ3) is 5.21. The zero-order chi connectivity index (χ0) is 20.0. The van der Waals surface area contributed by atoms with Crippen LogP contribution in [0, 0.1) is 0 Å². The van der Waals surface area contributed by atoms with E-state index in [0.29, 0.717) is 17.8 Å². The number of primary amides is 1. The van der Waals surface area contributed by atoms with E-state index < -0.39 is 5.91 Å². The van der Waals surface area contributed by atoms with Gasteiger partial charge in [-0.15, -0.1) is 0 Å². The summed E-state index contributed by atoms with van der Waals surface area (Å²) in [5.41, 5.74) is 7.22. The minimum absolute atomic E-state index is 0.119. The Morgan fingerprint density at radius 1 is 1.11 bits per heavy atom. The SMILES string of the molecule is COc1ccc(C[NH+](C)[C@H](C)C(=O)Nc2ccc(C(N)=O)cc2)c(OC)c1. The third-order valence-corrected chi connectivity index (χ3v) is 4.53. The quantitative estimate of drug-likeness (QED) is 0.640. The van der Waals surface area contributed by atoms with Crippen molar-refractivity contribution in [3.8, 4) is 11.5 Å². The molecule has 2 aromatic rings. The van der Waals surface area contributed by atoms with Crippen LogP contribution in [0.2, 0.25) is 0 Å². The molecule has 144 valence electrons. The molecule has 2 atom stereocenters. The summed E-state index contributed by atoms with van der Waals surface area (Å²) >= 11 is 0. The molecule has 2 amide bonds. The number of nitrogens with one attached hydrogen (secondary N) is 2. The highest BCUT2D eigenvalue weighted by molar-refractivity contribution is 5.95. The van der Waals surface area contributed by atoms with Crippen LogP contribution in [-0.2, 0) is 11.3 Å². The summed E-state index contributed by atoms with van der Waals surface area (Å²) in [5.74, 6) is 0.826. The van der Waals surface area contributed by atoms with E-state index in [0.717, 1.165) is 22.0 Å². The number of nitrogens with two attached hydrogens (primary N) is 1. The van der Waals surface area contributed by atoms with Crippen molar-refractivity contribution in [2.45, 2.75) is 19.5 Å². The van der Waals surface area contributed by atoms with Crippen molar-refractivity contribution in [3.05, 3.63) is 53.6 Å². The Labute approximate surface area is 159 Å². The Kier molecular flexibility index (Phi) is 6.79. The number of ether oxygens (including phenoxy) is 2. The van der Waals surface area contributed by atoms with E-state index >= 15 is 0 Å². The van der Waals surface area contributed by atoms with Crippen LogP contribution in [0.1, 0.15) is 22.8 Å². The molecule has 0 radical (unpaired) electrons. The minimum Gasteiger partial charge on any atom is -0.497 e. The van der Waals surface area contributed by atoms with Crippen molar-refractivity contribution in [1.29, 1.82) is 0 Å². The van der Waals surface area contributed by atoms with Gasteiger partial charge in [-0.3, -0.25) is 9.59 Å². The fourth-order valence-electron chi connectivity index (χ4n) is 2.64. The van der Waals surface area contributed by atoms with E-state index in [9.17, 15) is 9.59 Å². The summed E-state index contributed by atoms with van der Waals surface area (Å²) in [6, 6.07) is 11.8. The van der Waals surface area contributed by atoms with Gasteiger partial charge in [0.1, 0.15) is 18.0 Å². The standard InChI is InChI=1S/C20H25N3O4/c1-13(20(25)22-16-8-5-14(6-9-16)19(21)24)23(2)12-15-7-10-17(26-3)11-18(15)27-4/h5-11,13H,12H2,1-4H3,(H2,21,24)(H,22,25)/p+1/t13-/m1/s1. The lowest BCUT2D eigenvalue weighted by atomic mass is 10.1. The van der Waals surface area contributed by atoms with Crippen LogP contribution in [0.5, 0.6) is 11.5 Å². The first-order chi connectivity index (χ1) is 12.8. The van der Waals surface area contributed by atoms with Crippen LogP contribution in [0.15, 0.2) is 42.5 Å². The zero-order valence-corrected chi connectivity index (χ0v) is 16.0. The molecule has 0 saturated heterocycles. The first-order valence-corrected chi connectivity index (χ1v) is 8.59. The average molecular weight is 372 g/mol. The highest BCUT2D eigenvalue weighted by Gasteiger charge is 2.23. The maximum atomic E-state index is 12.5. The second-order valence-electron chi connectivity index (χ2n) is 6.35. The Bertz CT molecular complexity index is 805. The number of benzene rings is 2. The number of methoxy groups -OCH3 is 2. The molecule has 1 unspecified atom stereocenters. The van der Waals surface area contributed by atoms with Gasteiger partial charge in [0.05, 0.1) is 21.3 Å². The molecule has 0 spiro atoms. The lowest BCUT2D eigenvalue weighted by Gasteiger charge is -2.22. The minimum atomic E-state index is -0.501. The third-order valence-electron chi connectivity index (χ3n) is 4.53. The van der Waals surface area contributed by atoms with Crippen LogP contribution >= 0.6 is 0 Å². The van der Waals surface area contributed by atoms with Crippen molar-refractivity contribution in [3.63, 3.8) is 0 Å². The molecule has 0 heterocycles. The van der Waals surface area contributed by atoms with E-state index in [1.807, 2.05) is 32.2 Å². The monoisotopic (exact) mass is 372 g/mol. The lowest BCUT2D eigenvalue weighted by molar-refractivity contribution is -0.907. The molecule has 7 nitrogen and oxygen atoms in total. The van der Waals surface area contributed by atoms with Gasteiger partial charge in [-0.1, -0.05) is 0 Å². The highest BCUT2D eigenvalue weighted by Crippen LogP contribution is 2.23. The first kappa shape index (κ1) is 20.3. The Morgan fingerprint density at radius 3 is 2.33 bits per heavy atom. The van der Waals surface area contributed by atoms with Crippen LogP contribution < -0.4 is 25.4 Å². The molecular formula is C20H26N3O4+. The van der Waals surface area contributed by atoms with E-state index in [4.69, 9.17) is 15.2 Å². The fourth-order valence-corrected chi connectivity index (χ4v) is 2.64. The normalized spacial score (nSPS) is 12.7. The molecule has 0 aromatic heterocycles. The Morgan fingerprint density at radius 2 is 1.78 bits per heavy atom. The molecule has 0 bridgehead atoms. The molecule has 0 fully saturated rings. The maximum absolute atomic E-state index is 12.5. The number of quaternary nitrogens is 1. The average Bonchev–Trinajstić information content (AvgIpc) is 2.67. The second kappa shape index (κ2) is 9.05. The van der Waals surface area contributed by atoms with Crippen molar-refractivity contribution in [1.82, 2.24) is 0 Å². The molecule has 2 rings (SSSR count). The molecular weight excluding hydrogens is 346 g/mol. The number of anilines is 1. The molecule has 0 aliphatic rings. The predicted molar refractivity (Wildman–Crippen MR) is 103 cm³/mol. The number of carbonyl (C=O) groups is 2. The molecule has 27 heavy (non-hydrogen) atoms.